The Kier molecular flexibility index (Phi) is 7.17. The maximum absolute atomic E-state index is 11.1. The number of ether oxygens (including phenoxy) is 1. The topological polar surface area (TPSA) is 65.6 Å². The summed E-state index contributed by atoms with van der Waals surface area (Å²) in [5.74, 6) is 0.537. The fraction of sp³-hybridized carbons (Fsp3) is 0.333. The minimum absolute atomic E-state index is 0.107. The van der Waals surface area contributed by atoms with Gasteiger partial charge < -0.3 is 25.6 Å². The first-order valence-electron chi connectivity index (χ1n) is 9.54. The second-order valence-electron chi connectivity index (χ2n) is 6.89. The third-order valence-electron chi connectivity index (χ3n) is 4.68. The van der Waals surface area contributed by atoms with Crippen LogP contribution in [-0.2, 0) is 4.79 Å². The normalized spacial score (nSPS) is 13.6. The van der Waals surface area contributed by atoms with Crippen LogP contribution in [0.1, 0.15) is 26.2 Å². The van der Waals surface area contributed by atoms with Crippen LogP contribution < -0.4 is 25.6 Å². The number of amides is 1. The summed E-state index contributed by atoms with van der Waals surface area (Å²) >= 11 is 11.9. The smallest absolute Gasteiger partial charge is 0.221 e. The number of methoxy groups -OCH3 is 1. The van der Waals surface area contributed by atoms with Crippen LogP contribution in [0.15, 0.2) is 36.4 Å². The Bertz CT molecular complexity index is 883. The van der Waals surface area contributed by atoms with Crippen molar-refractivity contribution >= 4 is 57.6 Å². The van der Waals surface area contributed by atoms with Gasteiger partial charge in [0.15, 0.2) is 5.11 Å². The molecule has 29 heavy (non-hydrogen) atoms. The van der Waals surface area contributed by atoms with Crippen molar-refractivity contribution in [1.82, 2.24) is 0 Å². The molecular weight excluding hydrogens is 408 g/mol. The first-order valence-corrected chi connectivity index (χ1v) is 10.3. The molecule has 1 aliphatic heterocycles. The number of nitrogens with one attached hydrogen (secondary N) is 3. The molecule has 3 rings (SSSR count). The van der Waals surface area contributed by atoms with Crippen molar-refractivity contribution in [3.8, 4) is 5.75 Å². The molecule has 1 heterocycles. The van der Waals surface area contributed by atoms with E-state index in [4.69, 9.17) is 28.6 Å². The lowest BCUT2D eigenvalue weighted by molar-refractivity contribution is -0.114. The molecule has 3 N–H and O–H groups in total. The van der Waals surface area contributed by atoms with Gasteiger partial charge in [-0.25, -0.2) is 0 Å². The van der Waals surface area contributed by atoms with Gasteiger partial charge >= 0.3 is 0 Å². The lowest BCUT2D eigenvalue weighted by Crippen LogP contribution is -2.31. The zero-order valence-corrected chi connectivity index (χ0v) is 18.1. The summed E-state index contributed by atoms with van der Waals surface area (Å²) in [5, 5.41) is 10.1. The van der Waals surface area contributed by atoms with Crippen molar-refractivity contribution in [3.63, 3.8) is 0 Å². The van der Waals surface area contributed by atoms with Crippen molar-refractivity contribution in [2.24, 2.45) is 0 Å². The zero-order chi connectivity index (χ0) is 20.8. The third kappa shape index (κ3) is 5.74. The highest BCUT2D eigenvalue weighted by atomic mass is 35.5. The number of thiocarbonyl (C=S) groups is 1. The second-order valence-corrected chi connectivity index (χ2v) is 7.70. The average Bonchev–Trinajstić information content (AvgIpc) is 2.70. The van der Waals surface area contributed by atoms with E-state index in [-0.39, 0.29) is 5.91 Å². The molecule has 0 aliphatic carbocycles. The maximum atomic E-state index is 11.1. The molecular formula is C21H25ClN4O2S. The molecule has 1 saturated heterocycles. The molecule has 0 unspecified atom stereocenters. The number of benzene rings is 2. The van der Waals surface area contributed by atoms with Crippen molar-refractivity contribution in [3.05, 3.63) is 41.4 Å². The predicted molar refractivity (Wildman–Crippen MR) is 125 cm³/mol. The summed E-state index contributed by atoms with van der Waals surface area (Å²) in [6, 6.07) is 11.1. The third-order valence-corrected chi connectivity index (χ3v) is 5.18. The SMILES string of the molecule is COc1cc(N2CCCCC2)c(NC(=S)Nc2ccc(NC(C)=O)cc2)cc1Cl. The first-order chi connectivity index (χ1) is 14.0. The molecule has 0 saturated carbocycles. The number of anilines is 4. The Labute approximate surface area is 181 Å². The quantitative estimate of drug-likeness (QED) is 0.571. The van der Waals surface area contributed by atoms with Gasteiger partial charge in [-0.2, -0.15) is 0 Å². The number of carbonyl (C=O) groups is 1. The first kappa shape index (κ1) is 21.2. The lowest BCUT2D eigenvalue weighted by atomic mass is 10.1. The highest BCUT2D eigenvalue weighted by Gasteiger charge is 2.18. The van der Waals surface area contributed by atoms with Crippen LogP contribution in [0.4, 0.5) is 22.7 Å². The summed E-state index contributed by atoms with van der Waals surface area (Å²) in [4.78, 5) is 13.5. The molecule has 2 aromatic carbocycles. The monoisotopic (exact) mass is 432 g/mol. The van der Waals surface area contributed by atoms with E-state index >= 15 is 0 Å². The van der Waals surface area contributed by atoms with Gasteiger partial charge in [0.2, 0.25) is 5.91 Å². The summed E-state index contributed by atoms with van der Waals surface area (Å²) < 4.78 is 5.41. The number of hydrogen-bond donors (Lipinski definition) is 3. The fourth-order valence-corrected chi connectivity index (χ4v) is 3.79. The lowest BCUT2D eigenvalue weighted by Gasteiger charge is -2.31. The zero-order valence-electron chi connectivity index (χ0n) is 16.5. The van der Waals surface area contributed by atoms with Gasteiger partial charge in [0.1, 0.15) is 5.75 Å². The van der Waals surface area contributed by atoms with Crippen molar-refractivity contribution in [2.45, 2.75) is 26.2 Å². The number of nitrogens with zero attached hydrogens (tertiary/aromatic N) is 1. The number of carbonyl (C=O) groups excluding carboxylic acids is 1. The molecule has 154 valence electrons. The number of halogens is 1. The molecule has 2 aromatic rings. The summed E-state index contributed by atoms with van der Waals surface area (Å²) in [6.45, 7) is 3.46. The number of piperidine rings is 1. The Morgan fingerprint density at radius 2 is 1.66 bits per heavy atom. The van der Waals surface area contributed by atoms with Crippen LogP contribution in [0.5, 0.6) is 5.75 Å². The van der Waals surface area contributed by atoms with E-state index in [1.54, 1.807) is 7.11 Å². The highest BCUT2D eigenvalue weighted by Crippen LogP contribution is 2.37. The average molecular weight is 433 g/mol. The van der Waals surface area contributed by atoms with E-state index in [9.17, 15) is 4.79 Å². The van der Waals surface area contributed by atoms with E-state index in [2.05, 4.69) is 20.9 Å². The molecule has 0 atom stereocenters. The molecule has 8 heteroatoms. The standard InChI is InChI=1S/C21H25ClN4O2S/c1-14(27)23-15-6-8-16(9-7-15)24-21(29)25-18-12-17(22)20(28-2)13-19(18)26-10-4-3-5-11-26/h6-9,12-13H,3-5,10-11H2,1-2H3,(H,23,27)(H2,24,25,29). The van der Waals surface area contributed by atoms with Crippen LogP contribution >= 0.6 is 23.8 Å². The maximum Gasteiger partial charge on any atom is 0.221 e. The van der Waals surface area contributed by atoms with Crippen LogP contribution in [0.3, 0.4) is 0 Å². The minimum atomic E-state index is -0.107. The van der Waals surface area contributed by atoms with E-state index in [1.165, 1.54) is 13.3 Å². The van der Waals surface area contributed by atoms with E-state index in [0.717, 1.165) is 48.7 Å². The van der Waals surface area contributed by atoms with Crippen LogP contribution in [-0.4, -0.2) is 31.2 Å². The Morgan fingerprint density at radius 3 is 2.24 bits per heavy atom. The van der Waals surface area contributed by atoms with Gasteiger partial charge in [-0.05, 0) is 61.8 Å². The predicted octanol–water partition coefficient (Wildman–Crippen LogP) is 5.11. The molecule has 6 nitrogen and oxygen atoms in total. The van der Waals surface area contributed by atoms with Crippen LogP contribution in [0.25, 0.3) is 0 Å². The highest BCUT2D eigenvalue weighted by molar-refractivity contribution is 7.80. The molecule has 0 aromatic heterocycles. The molecule has 0 radical (unpaired) electrons. The van der Waals surface area contributed by atoms with Crippen LogP contribution in [0, 0.1) is 0 Å². The minimum Gasteiger partial charge on any atom is -0.495 e. The van der Waals surface area contributed by atoms with Gasteiger partial charge in [0, 0.05) is 37.5 Å². The van der Waals surface area contributed by atoms with Crippen molar-refractivity contribution < 1.29 is 9.53 Å². The number of rotatable bonds is 5. The Balaban J connectivity index is 1.75. The van der Waals surface area contributed by atoms with E-state index < -0.39 is 0 Å². The van der Waals surface area contributed by atoms with Crippen molar-refractivity contribution in [1.29, 1.82) is 0 Å². The van der Waals surface area contributed by atoms with Gasteiger partial charge in [-0.3, -0.25) is 4.79 Å². The van der Waals surface area contributed by atoms with Crippen molar-refractivity contribution in [2.75, 3.05) is 41.0 Å². The van der Waals surface area contributed by atoms with Crippen LogP contribution in [0.2, 0.25) is 5.02 Å². The molecule has 1 amide bonds. The second kappa shape index (κ2) is 9.80. The molecule has 0 bridgehead atoms. The van der Waals surface area contributed by atoms with Gasteiger partial charge in [-0.1, -0.05) is 11.6 Å². The van der Waals surface area contributed by atoms with Gasteiger partial charge in [0.05, 0.1) is 23.5 Å². The van der Waals surface area contributed by atoms with Gasteiger partial charge in [0.25, 0.3) is 0 Å². The number of hydrogen-bond acceptors (Lipinski definition) is 4. The largest absolute Gasteiger partial charge is 0.495 e. The Hall–Kier alpha value is -2.51. The summed E-state index contributed by atoms with van der Waals surface area (Å²) in [5.41, 5.74) is 3.41. The summed E-state index contributed by atoms with van der Waals surface area (Å²) in [6.07, 6.45) is 3.57. The van der Waals surface area contributed by atoms with E-state index in [1.807, 2.05) is 36.4 Å². The molecule has 1 aliphatic rings. The molecule has 1 fully saturated rings. The fourth-order valence-electron chi connectivity index (χ4n) is 3.32. The molecule has 0 spiro atoms. The van der Waals surface area contributed by atoms with E-state index in [0.29, 0.717) is 15.9 Å². The Morgan fingerprint density at radius 1 is 1.03 bits per heavy atom. The summed E-state index contributed by atoms with van der Waals surface area (Å²) in [7, 11) is 1.62. The van der Waals surface area contributed by atoms with Gasteiger partial charge in [-0.15, -0.1) is 0 Å².